The number of fused-ring (bicyclic) bond motifs is 2. The number of ether oxygens (including phenoxy) is 1. The van der Waals surface area contributed by atoms with Gasteiger partial charge in [0, 0.05) is 56.9 Å². The number of likely N-dealkylation sites (tertiary alicyclic amines) is 1. The van der Waals surface area contributed by atoms with E-state index in [0.717, 1.165) is 43.7 Å². The molecule has 6 rings (SSSR count). The number of carbonyl (C=O) groups is 2. The molecule has 5 N–H and O–H groups in total. The molecule has 2 aliphatic rings. The molecular formula is C37H42ClN5O6. The average molecular weight is 688 g/mol. The number of hydrogen-bond donors (Lipinski definition) is 5. The molecule has 11 nitrogen and oxygen atoms in total. The fourth-order valence-electron chi connectivity index (χ4n) is 7.06. The molecule has 1 aliphatic heterocycles. The van der Waals surface area contributed by atoms with Crippen LogP contribution in [0.3, 0.4) is 0 Å². The standard InChI is InChI=1S/C37H42ClN5O6/c1-42(15-16-43-21-24-18-27(19-25(24)22-43)49-37(48)40-26-5-3-2-4-6-26)36(47)30-8-7-23(17-31(30)38)13-14-39-20-33(45)28-9-11-32(44)35-29(28)10-12-34(46)41-35/h2-12,17,24-25,27,33,39,44-45H,13-16,18-22H2,1H3,(H,40,48)(H,41,46)/t24-,25+,27?,33-/m0/s1. The van der Waals surface area contributed by atoms with Gasteiger partial charge in [-0.25, -0.2) is 4.79 Å². The fourth-order valence-corrected chi connectivity index (χ4v) is 7.34. The van der Waals surface area contributed by atoms with Crippen molar-refractivity contribution in [2.24, 2.45) is 11.8 Å². The van der Waals surface area contributed by atoms with Crippen LogP contribution in [0.1, 0.15) is 40.4 Å². The molecule has 2 heterocycles. The normalized spacial score (nSPS) is 19.4. The number of pyridine rings is 1. The van der Waals surface area contributed by atoms with E-state index >= 15 is 0 Å². The molecule has 1 unspecified atom stereocenters. The first-order valence-corrected chi connectivity index (χ1v) is 17.0. The number of phenolic OH excluding ortho intramolecular Hbond substituents is 1. The molecule has 49 heavy (non-hydrogen) atoms. The number of anilines is 1. The molecule has 12 heteroatoms. The second-order valence-corrected chi connectivity index (χ2v) is 13.5. The monoisotopic (exact) mass is 687 g/mol. The molecule has 0 radical (unpaired) electrons. The van der Waals surface area contributed by atoms with Crippen molar-refractivity contribution < 1.29 is 24.5 Å². The molecule has 2 fully saturated rings. The number of nitrogens with zero attached hydrogens (tertiary/aromatic N) is 2. The zero-order chi connectivity index (χ0) is 34.5. The molecule has 3 aromatic carbocycles. The number of phenols is 1. The molecule has 1 saturated heterocycles. The predicted octanol–water partition coefficient (Wildman–Crippen LogP) is 4.78. The van der Waals surface area contributed by atoms with Gasteiger partial charge in [-0.15, -0.1) is 0 Å². The van der Waals surface area contributed by atoms with Crippen molar-refractivity contribution in [3.8, 4) is 5.75 Å². The predicted molar refractivity (Wildman–Crippen MR) is 189 cm³/mol. The number of hydrogen-bond acceptors (Lipinski definition) is 8. The summed E-state index contributed by atoms with van der Waals surface area (Å²) in [5.74, 6) is 0.783. The van der Waals surface area contributed by atoms with Gasteiger partial charge >= 0.3 is 6.09 Å². The average Bonchev–Trinajstić information content (AvgIpc) is 3.64. The highest BCUT2D eigenvalue weighted by molar-refractivity contribution is 6.33. The van der Waals surface area contributed by atoms with Crippen LogP contribution in [0.2, 0.25) is 5.02 Å². The molecule has 1 aliphatic carbocycles. The zero-order valence-corrected chi connectivity index (χ0v) is 28.2. The highest BCUT2D eigenvalue weighted by Gasteiger charge is 2.42. The number of aromatic nitrogens is 1. The molecule has 4 aromatic rings. The summed E-state index contributed by atoms with van der Waals surface area (Å²) in [6, 6.07) is 20.8. The van der Waals surface area contributed by atoms with Gasteiger partial charge in [-0.1, -0.05) is 41.9 Å². The number of rotatable bonds is 12. The first-order valence-electron chi connectivity index (χ1n) is 16.7. The molecule has 1 saturated carbocycles. The Hall–Kier alpha value is -4.42. The minimum atomic E-state index is -0.849. The van der Waals surface area contributed by atoms with Gasteiger partial charge in [-0.3, -0.25) is 14.9 Å². The van der Waals surface area contributed by atoms with Gasteiger partial charge < -0.3 is 35.1 Å². The van der Waals surface area contributed by atoms with Crippen LogP contribution < -0.4 is 16.2 Å². The van der Waals surface area contributed by atoms with E-state index < -0.39 is 12.2 Å². The van der Waals surface area contributed by atoms with E-state index in [1.807, 2.05) is 42.5 Å². The van der Waals surface area contributed by atoms with E-state index in [-0.39, 0.29) is 29.9 Å². The Morgan fingerprint density at radius 1 is 1.06 bits per heavy atom. The topological polar surface area (TPSA) is 147 Å². The van der Waals surface area contributed by atoms with E-state index in [4.69, 9.17) is 16.3 Å². The lowest BCUT2D eigenvalue weighted by atomic mass is 10.0. The van der Waals surface area contributed by atoms with Crippen LogP contribution in [0.5, 0.6) is 5.75 Å². The Kier molecular flexibility index (Phi) is 10.8. The van der Waals surface area contributed by atoms with Gasteiger partial charge in [-0.05, 0) is 85.2 Å². The van der Waals surface area contributed by atoms with Crippen LogP contribution in [0.25, 0.3) is 10.9 Å². The van der Waals surface area contributed by atoms with Gasteiger partial charge in [0.25, 0.3) is 5.91 Å². The Bertz CT molecular complexity index is 1840. The quantitative estimate of drug-likeness (QED) is 0.134. The van der Waals surface area contributed by atoms with E-state index in [1.54, 1.807) is 30.1 Å². The molecule has 0 spiro atoms. The minimum Gasteiger partial charge on any atom is -0.506 e. The number of halogens is 1. The van der Waals surface area contributed by atoms with Crippen molar-refractivity contribution >= 4 is 40.2 Å². The Labute approximate surface area is 289 Å². The van der Waals surface area contributed by atoms with Crippen molar-refractivity contribution in [2.75, 3.05) is 51.6 Å². The van der Waals surface area contributed by atoms with E-state index in [0.29, 0.717) is 58.4 Å². The van der Waals surface area contributed by atoms with Gasteiger partial charge in [-0.2, -0.15) is 0 Å². The largest absolute Gasteiger partial charge is 0.506 e. The van der Waals surface area contributed by atoms with Crippen molar-refractivity contribution in [3.05, 3.63) is 105 Å². The number of aromatic amines is 1. The molecule has 1 aromatic heterocycles. The number of nitrogens with one attached hydrogen (secondary N) is 3. The number of amides is 2. The number of aliphatic hydroxyl groups excluding tert-OH is 1. The summed E-state index contributed by atoms with van der Waals surface area (Å²) in [6.07, 6.45) is 1.02. The maximum atomic E-state index is 13.3. The maximum Gasteiger partial charge on any atom is 0.411 e. The van der Waals surface area contributed by atoms with Crippen LogP contribution in [-0.2, 0) is 11.2 Å². The van der Waals surface area contributed by atoms with Crippen molar-refractivity contribution in [1.82, 2.24) is 20.1 Å². The Morgan fingerprint density at radius 2 is 1.82 bits per heavy atom. The Morgan fingerprint density at radius 3 is 2.55 bits per heavy atom. The van der Waals surface area contributed by atoms with Crippen LogP contribution in [0.15, 0.2) is 77.6 Å². The third kappa shape index (κ3) is 8.42. The SMILES string of the molecule is CN(CCN1C[C@H]2CC(OC(=O)Nc3ccccc3)C[C@H]2C1)C(=O)c1ccc(CCNC[C@H](O)c2ccc(O)c3[nH]c(=O)ccc23)cc1Cl. The maximum absolute atomic E-state index is 13.3. The molecular weight excluding hydrogens is 646 g/mol. The number of carbonyl (C=O) groups excluding carboxylic acids is 2. The fraction of sp³-hybridized carbons (Fsp3) is 0.378. The third-order valence-corrected chi connectivity index (χ3v) is 9.95. The van der Waals surface area contributed by atoms with Crippen LogP contribution in [0.4, 0.5) is 10.5 Å². The van der Waals surface area contributed by atoms with Crippen molar-refractivity contribution in [3.63, 3.8) is 0 Å². The van der Waals surface area contributed by atoms with Gasteiger partial charge in [0.2, 0.25) is 5.56 Å². The first-order chi connectivity index (χ1) is 23.6. The second kappa shape index (κ2) is 15.4. The summed E-state index contributed by atoms with van der Waals surface area (Å²) in [5.41, 5.74) is 2.71. The zero-order valence-electron chi connectivity index (χ0n) is 27.4. The van der Waals surface area contributed by atoms with Crippen LogP contribution >= 0.6 is 11.6 Å². The molecule has 0 bridgehead atoms. The van der Waals surface area contributed by atoms with E-state index in [1.165, 1.54) is 12.1 Å². The number of aromatic hydroxyl groups is 1. The molecule has 258 valence electrons. The van der Waals surface area contributed by atoms with E-state index in [2.05, 4.69) is 20.5 Å². The number of H-pyrrole nitrogens is 1. The number of benzene rings is 3. The summed E-state index contributed by atoms with van der Waals surface area (Å²) in [4.78, 5) is 43.9. The minimum absolute atomic E-state index is 0.0519. The summed E-state index contributed by atoms with van der Waals surface area (Å²) < 4.78 is 5.69. The van der Waals surface area contributed by atoms with Crippen molar-refractivity contribution in [1.29, 1.82) is 0 Å². The van der Waals surface area contributed by atoms with Crippen LogP contribution in [-0.4, -0.2) is 89.4 Å². The number of para-hydroxylation sites is 1. The third-order valence-electron chi connectivity index (χ3n) is 9.63. The second-order valence-electron chi connectivity index (χ2n) is 13.1. The lowest BCUT2D eigenvalue weighted by Gasteiger charge is -2.23. The summed E-state index contributed by atoms with van der Waals surface area (Å²) in [7, 11) is 1.79. The highest BCUT2D eigenvalue weighted by Crippen LogP contribution is 2.39. The molecule has 4 atom stereocenters. The van der Waals surface area contributed by atoms with Crippen LogP contribution in [0, 0.1) is 11.8 Å². The number of likely N-dealkylation sites (N-methyl/N-ethyl adjacent to an activating group) is 1. The summed E-state index contributed by atoms with van der Waals surface area (Å²) in [6.45, 7) is 4.04. The lowest BCUT2D eigenvalue weighted by Crippen LogP contribution is -2.36. The Balaban J connectivity index is 0.912. The van der Waals surface area contributed by atoms with Crippen molar-refractivity contribution in [2.45, 2.75) is 31.5 Å². The first kappa shape index (κ1) is 34.4. The highest BCUT2D eigenvalue weighted by atomic mass is 35.5. The summed E-state index contributed by atoms with van der Waals surface area (Å²) in [5, 5.41) is 27.9. The molecule has 2 amide bonds. The van der Waals surface area contributed by atoms with Gasteiger partial charge in [0.1, 0.15) is 11.9 Å². The summed E-state index contributed by atoms with van der Waals surface area (Å²) >= 11 is 6.57. The van der Waals surface area contributed by atoms with E-state index in [9.17, 15) is 24.6 Å². The van der Waals surface area contributed by atoms with Gasteiger partial charge in [0.15, 0.2) is 0 Å². The smallest absolute Gasteiger partial charge is 0.411 e. The van der Waals surface area contributed by atoms with Gasteiger partial charge in [0.05, 0.1) is 22.2 Å². The number of aliphatic hydroxyl groups is 1. The lowest BCUT2D eigenvalue weighted by molar-refractivity contribution is 0.0779.